The number of thiophene rings is 1. The van der Waals surface area contributed by atoms with Crippen molar-refractivity contribution in [1.29, 1.82) is 0 Å². The van der Waals surface area contributed by atoms with E-state index < -0.39 is 0 Å². The summed E-state index contributed by atoms with van der Waals surface area (Å²) in [6.45, 7) is 1.74. The Morgan fingerprint density at radius 2 is 2.00 bits per heavy atom. The molecule has 1 aliphatic heterocycles. The molecule has 3 heterocycles. The zero-order valence-electron chi connectivity index (χ0n) is 15.1. The number of benzene rings is 1. The molecule has 27 heavy (non-hydrogen) atoms. The quantitative estimate of drug-likeness (QED) is 0.589. The fraction of sp³-hybridized carbons (Fsp3) is 0.400. The van der Waals surface area contributed by atoms with Crippen molar-refractivity contribution in [3.63, 3.8) is 0 Å². The molecule has 0 radical (unpaired) electrons. The largest absolute Gasteiger partial charge is 0.303 e. The molecule has 1 saturated carbocycles. The summed E-state index contributed by atoms with van der Waals surface area (Å²) in [5.74, 6) is 1.29. The summed E-state index contributed by atoms with van der Waals surface area (Å²) in [7, 11) is 1.93. The number of nitrogens with zero attached hydrogens (tertiary/aromatic N) is 4. The van der Waals surface area contributed by atoms with Gasteiger partial charge in [-0.05, 0) is 78.7 Å². The molecular weight excluding hydrogens is 379 g/mol. The zero-order valence-corrected chi connectivity index (χ0v) is 16.8. The Morgan fingerprint density at radius 1 is 1.22 bits per heavy atom. The lowest BCUT2D eigenvalue weighted by Gasteiger charge is -2.35. The molecular formula is C20H21FN4S2. The average Bonchev–Trinajstić information content (AvgIpc) is 3.33. The van der Waals surface area contributed by atoms with Gasteiger partial charge in [0.15, 0.2) is 10.6 Å². The third-order valence-electron chi connectivity index (χ3n) is 5.65. The molecule has 0 amide bonds. The summed E-state index contributed by atoms with van der Waals surface area (Å²) in [6.07, 6.45) is 3.72. The molecule has 1 atom stereocenters. The van der Waals surface area contributed by atoms with E-state index >= 15 is 0 Å². The number of rotatable bonds is 4. The Morgan fingerprint density at radius 3 is 2.74 bits per heavy atom. The first-order chi connectivity index (χ1) is 13.1. The van der Waals surface area contributed by atoms with E-state index in [0.717, 1.165) is 30.3 Å². The molecule has 0 N–H and O–H groups in total. The van der Waals surface area contributed by atoms with Gasteiger partial charge in [0, 0.05) is 30.1 Å². The Balaban J connectivity index is 1.47. The Hall–Kier alpha value is -1.83. The molecule has 0 unspecified atom stereocenters. The van der Waals surface area contributed by atoms with Crippen molar-refractivity contribution in [2.45, 2.75) is 32.0 Å². The first-order valence-electron chi connectivity index (χ1n) is 9.32. The summed E-state index contributed by atoms with van der Waals surface area (Å²) >= 11 is 7.54. The predicted octanol–water partition coefficient (Wildman–Crippen LogP) is 4.79. The number of halogens is 1. The van der Waals surface area contributed by atoms with Crippen LogP contribution in [0.2, 0.25) is 0 Å². The van der Waals surface area contributed by atoms with Gasteiger partial charge in [-0.15, -0.1) is 11.3 Å². The van der Waals surface area contributed by atoms with Crippen LogP contribution in [0.15, 0.2) is 35.7 Å². The highest BCUT2D eigenvalue weighted by Gasteiger charge is 2.40. The number of fused-ring (bicyclic) bond motifs is 1. The predicted molar refractivity (Wildman–Crippen MR) is 108 cm³/mol. The molecule has 140 valence electrons. The van der Waals surface area contributed by atoms with Gasteiger partial charge >= 0.3 is 0 Å². The van der Waals surface area contributed by atoms with Crippen LogP contribution in [-0.4, -0.2) is 25.8 Å². The lowest BCUT2D eigenvalue weighted by atomic mass is 9.96. The highest BCUT2D eigenvalue weighted by atomic mass is 32.1. The van der Waals surface area contributed by atoms with E-state index in [4.69, 9.17) is 17.3 Å². The van der Waals surface area contributed by atoms with Gasteiger partial charge in [-0.2, -0.15) is 5.10 Å². The van der Waals surface area contributed by atoms with Crippen LogP contribution in [0.1, 0.15) is 29.3 Å². The van der Waals surface area contributed by atoms with E-state index in [0.29, 0.717) is 17.5 Å². The number of hydrogen-bond donors (Lipinski definition) is 0. The summed E-state index contributed by atoms with van der Waals surface area (Å²) in [5, 5.41) is 7.00. The molecule has 7 heteroatoms. The summed E-state index contributed by atoms with van der Waals surface area (Å²) in [5.41, 5.74) is 2.39. The second-order valence-electron chi connectivity index (χ2n) is 7.46. The number of aromatic nitrogens is 3. The maximum atomic E-state index is 13.3. The van der Waals surface area contributed by atoms with E-state index in [1.54, 1.807) is 17.0 Å². The molecule has 4 nitrogen and oxygen atoms in total. The van der Waals surface area contributed by atoms with Gasteiger partial charge in [0.2, 0.25) is 0 Å². The average molecular weight is 401 g/mol. The monoisotopic (exact) mass is 400 g/mol. The van der Waals surface area contributed by atoms with Crippen LogP contribution in [0.25, 0.3) is 11.4 Å². The minimum atomic E-state index is -0.244. The molecule has 1 aromatic carbocycles. The molecule has 1 fully saturated rings. The van der Waals surface area contributed by atoms with E-state index in [2.05, 4.69) is 16.3 Å². The first kappa shape index (κ1) is 17.3. The van der Waals surface area contributed by atoms with Crippen LogP contribution in [0.5, 0.6) is 0 Å². The summed E-state index contributed by atoms with van der Waals surface area (Å²) in [4.78, 5) is 4.07. The second-order valence-corrected chi connectivity index (χ2v) is 8.82. The maximum Gasteiger partial charge on any atom is 0.199 e. The lowest BCUT2D eigenvalue weighted by molar-refractivity contribution is 0.117. The van der Waals surface area contributed by atoms with Crippen molar-refractivity contribution in [3.05, 3.63) is 56.7 Å². The smallest absolute Gasteiger partial charge is 0.199 e. The van der Waals surface area contributed by atoms with Crippen LogP contribution in [-0.2, 0) is 20.1 Å². The topological polar surface area (TPSA) is 26.0 Å². The van der Waals surface area contributed by atoms with Crippen LogP contribution in [0, 0.1) is 16.5 Å². The van der Waals surface area contributed by atoms with E-state index in [-0.39, 0.29) is 5.82 Å². The van der Waals surface area contributed by atoms with Gasteiger partial charge in [0.05, 0.1) is 6.67 Å². The van der Waals surface area contributed by atoms with E-state index in [1.165, 1.54) is 30.5 Å². The van der Waals surface area contributed by atoms with Gasteiger partial charge in [0.1, 0.15) is 5.82 Å². The third-order valence-corrected chi connectivity index (χ3v) is 7.13. The molecule has 0 bridgehead atoms. The molecule has 2 aromatic heterocycles. The Bertz CT molecular complexity index is 1030. The number of hydrogen-bond acceptors (Lipinski definition) is 4. The van der Waals surface area contributed by atoms with Crippen molar-refractivity contribution < 1.29 is 4.39 Å². The normalized spacial score (nSPS) is 20.0. The maximum absolute atomic E-state index is 13.3. The van der Waals surface area contributed by atoms with Crippen molar-refractivity contribution in [3.8, 4) is 11.4 Å². The molecule has 0 saturated heterocycles. The van der Waals surface area contributed by atoms with Gasteiger partial charge < -0.3 is 4.57 Å². The van der Waals surface area contributed by atoms with Gasteiger partial charge in [-0.1, -0.05) is 0 Å². The van der Waals surface area contributed by atoms with E-state index in [1.807, 2.05) is 27.6 Å². The third kappa shape index (κ3) is 3.07. The van der Waals surface area contributed by atoms with E-state index in [9.17, 15) is 4.39 Å². The fourth-order valence-electron chi connectivity index (χ4n) is 4.12. The zero-order chi connectivity index (χ0) is 18.5. The van der Waals surface area contributed by atoms with Crippen molar-refractivity contribution >= 4 is 23.6 Å². The Labute approximate surface area is 166 Å². The van der Waals surface area contributed by atoms with Crippen molar-refractivity contribution in [2.75, 3.05) is 6.54 Å². The minimum Gasteiger partial charge on any atom is -0.303 e. The standard InChI is InChI=1S/C20H21FN4S2/c1-23-19(14-4-6-15(21)7-5-14)22-25(20(23)26)12-24-10-8-17-16(9-11-27-17)18(24)13-2-3-13/h4-7,9,11,13,18H,2-3,8,10,12H2,1H3/t18-/m0/s1. The highest BCUT2D eigenvalue weighted by Crippen LogP contribution is 2.48. The molecule has 0 spiro atoms. The van der Waals surface area contributed by atoms with Crippen LogP contribution in [0.3, 0.4) is 0 Å². The van der Waals surface area contributed by atoms with Crippen LogP contribution < -0.4 is 0 Å². The highest BCUT2D eigenvalue weighted by molar-refractivity contribution is 7.71. The lowest BCUT2D eigenvalue weighted by Crippen LogP contribution is -2.37. The SMILES string of the molecule is Cn1c(-c2ccc(F)cc2)nn(CN2CCc3sccc3[C@@H]2C2CC2)c1=S. The van der Waals surface area contributed by atoms with Crippen molar-refractivity contribution in [2.24, 2.45) is 13.0 Å². The van der Waals surface area contributed by atoms with Gasteiger partial charge in [-0.25, -0.2) is 9.07 Å². The van der Waals surface area contributed by atoms with Crippen molar-refractivity contribution in [1.82, 2.24) is 19.2 Å². The van der Waals surface area contributed by atoms with Crippen LogP contribution >= 0.6 is 23.6 Å². The molecule has 3 aromatic rings. The van der Waals surface area contributed by atoms with Gasteiger partial charge in [0.25, 0.3) is 0 Å². The van der Waals surface area contributed by atoms with Gasteiger partial charge in [-0.3, -0.25) is 4.90 Å². The first-order valence-corrected chi connectivity index (χ1v) is 10.6. The Kier molecular flexibility index (Phi) is 4.26. The fourth-order valence-corrected chi connectivity index (χ4v) is 5.22. The summed E-state index contributed by atoms with van der Waals surface area (Å²) in [6, 6.07) is 9.21. The summed E-state index contributed by atoms with van der Waals surface area (Å²) < 4.78 is 17.8. The minimum absolute atomic E-state index is 0.244. The molecule has 1 aliphatic carbocycles. The second kappa shape index (κ2) is 6.65. The molecule has 5 rings (SSSR count). The van der Waals surface area contributed by atoms with Crippen LogP contribution in [0.4, 0.5) is 4.39 Å². The molecule has 2 aliphatic rings.